The molecule has 0 atom stereocenters. The monoisotopic (exact) mass is 259 g/mol. The van der Waals surface area contributed by atoms with Crippen LogP contribution in [0.3, 0.4) is 0 Å². The highest BCUT2D eigenvalue weighted by Gasteiger charge is 2.53. The smallest absolute Gasteiger partial charge is 0.349 e. The minimum absolute atomic E-state index is 0.233. The minimum atomic E-state index is -0.233. The number of fused-ring (bicyclic) bond motifs is 1. The molecule has 0 saturated heterocycles. The Hall–Kier alpha value is -1.85. The van der Waals surface area contributed by atoms with Crippen LogP contribution < -0.4 is 11.0 Å². The van der Waals surface area contributed by atoms with Crippen LogP contribution in [0.25, 0.3) is 5.65 Å². The molecule has 2 saturated carbocycles. The average Bonchev–Trinajstić information content (AvgIpc) is 3.26. The Balaban J connectivity index is 1.59. The van der Waals surface area contributed by atoms with E-state index in [-0.39, 0.29) is 5.69 Å². The molecular weight excluding hydrogens is 242 g/mol. The summed E-state index contributed by atoms with van der Waals surface area (Å²) in [4.78, 5) is 16.0. The van der Waals surface area contributed by atoms with Gasteiger partial charge in [0.15, 0.2) is 5.65 Å². The van der Waals surface area contributed by atoms with Crippen molar-refractivity contribution in [2.45, 2.75) is 32.6 Å². The van der Waals surface area contributed by atoms with Crippen molar-refractivity contribution in [1.29, 1.82) is 0 Å². The van der Waals surface area contributed by atoms with Crippen LogP contribution in [0, 0.1) is 18.3 Å². The number of nitrogens with zero attached hydrogens (tertiary/aromatic N) is 3. The molecule has 19 heavy (non-hydrogen) atoms. The third-order valence-corrected chi connectivity index (χ3v) is 4.53. The fraction of sp³-hybridized carbons (Fsp3) is 0.615. The van der Waals surface area contributed by atoms with E-state index in [0.29, 0.717) is 16.9 Å². The summed E-state index contributed by atoms with van der Waals surface area (Å²) < 4.78 is 1.49. The van der Waals surface area contributed by atoms with Gasteiger partial charge in [-0.1, -0.05) is 0 Å². The Morgan fingerprint density at radius 3 is 3.00 bits per heavy atom. The Kier molecular flexibility index (Phi) is 2.08. The summed E-state index contributed by atoms with van der Waals surface area (Å²) >= 11 is 0. The molecule has 2 aromatic rings. The Morgan fingerprint density at radius 2 is 2.32 bits per heavy atom. The first-order chi connectivity index (χ1) is 9.18. The van der Waals surface area contributed by atoms with E-state index in [1.54, 1.807) is 0 Å². The molecule has 0 spiro atoms. The molecule has 0 unspecified atom stereocenters. The summed E-state index contributed by atoms with van der Waals surface area (Å²) in [5.41, 5.74) is 0.923. The number of hydrogen-bond donors (Lipinski definition) is 2. The number of aromatic amines is 1. The molecule has 0 bridgehead atoms. The maximum atomic E-state index is 11.5. The SMILES string of the molecule is Cc1nc(NCC2(C3CC3)CC2)cc2n[nH]c(=O)n12. The van der Waals surface area contributed by atoms with Crippen molar-refractivity contribution in [2.24, 2.45) is 11.3 Å². The zero-order valence-corrected chi connectivity index (χ0v) is 10.9. The Labute approximate surface area is 110 Å². The van der Waals surface area contributed by atoms with E-state index in [1.165, 1.54) is 30.1 Å². The lowest BCUT2D eigenvalue weighted by atomic mass is 10.0. The maximum Gasteiger partial charge on any atom is 0.349 e. The molecule has 2 aliphatic carbocycles. The largest absolute Gasteiger partial charge is 0.369 e. The zero-order valence-electron chi connectivity index (χ0n) is 10.9. The molecule has 100 valence electrons. The number of hydrogen-bond acceptors (Lipinski definition) is 4. The lowest BCUT2D eigenvalue weighted by Crippen LogP contribution is -2.19. The molecule has 2 aromatic heterocycles. The highest BCUT2D eigenvalue weighted by atomic mass is 16.1. The molecule has 0 aromatic carbocycles. The molecule has 6 heteroatoms. The van der Waals surface area contributed by atoms with E-state index in [9.17, 15) is 4.79 Å². The molecule has 4 rings (SSSR count). The average molecular weight is 259 g/mol. The van der Waals surface area contributed by atoms with Crippen LogP contribution in [0.15, 0.2) is 10.9 Å². The van der Waals surface area contributed by atoms with Gasteiger partial charge in [-0.05, 0) is 43.9 Å². The Morgan fingerprint density at radius 1 is 1.53 bits per heavy atom. The highest BCUT2D eigenvalue weighted by molar-refractivity contribution is 5.49. The molecule has 2 N–H and O–H groups in total. The molecule has 2 fully saturated rings. The van der Waals surface area contributed by atoms with E-state index in [4.69, 9.17) is 0 Å². The van der Waals surface area contributed by atoms with Crippen molar-refractivity contribution in [3.8, 4) is 0 Å². The van der Waals surface area contributed by atoms with Gasteiger partial charge in [-0.25, -0.2) is 19.3 Å². The van der Waals surface area contributed by atoms with Gasteiger partial charge in [-0.2, -0.15) is 5.10 Å². The summed E-state index contributed by atoms with van der Waals surface area (Å²) in [5.74, 6) is 2.41. The molecule has 0 aliphatic heterocycles. The van der Waals surface area contributed by atoms with Gasteiger partial charge in [-0.3, -0.25) is 0 Å². The van der Waals surface area contributed by atoms with Gasteiger partial charge in [0.1, 0.15) is 11.6 Å². The van der Waals surface area contributed by atoms with Gasteiger partial charge in [-0.15, -0.1) is 0 Å². The van der Waals surface area contributed by atoms with Crippen LogP contribution in [0.4, 0.5) is 5.82 Å². The number of aromatic nitrogens is 4. The third-order valence-electron chi connectivity index (χ3n) is 4.53. The summed E-state index contributed by atoms with van der Waals surface area (Å²) in [6.45, 7) is 2.82. The first-order valence-electron chi connectivity index (χ1n) is 6.87. The molecule has 0 radical (unpaired) electrons. The van der Waals surface area contributed by atoms with Gasteiger partial charge in [0.05, 0.1) is 0 Å². The van der Waals surface area contributed by atoms with Crippen molar-refractivity contribution in [2.75, 3.05) is 11.9 Å². The first kappa shape index (κ1) is 11.0. The van der Waals surface area contributed by atoms with Gasteiger partial charge in [0, 0.05) is 12.6 Å². The highest BCUT2D eigenvalue weighted by Crippen LogP contribution is 2.61. The predicted octanol–water partition coefficient (Wildman–Crippen LogP) is 1.33. The normalized spacial score (nSPS) is 20.7. The van der Waals surface area contributed by atoms with Gasteiger partial charge < -0.3 is 5.32 Å². The van der Waals surface area contributed by atoms with Gasteiger partial charge >= 0.3 is 5.69 Å². The van der Waals surface area contributed by atoms with Gasteiger partial charge in [0.25, 0.3) is 0 Å². The van der Waals surface area contributed by atoms with Crippen molar-refractivity contribution >= 4 is 11.5 Å². The second kappa shape index (κ2) is 3.59. The lowest BCUT2D eigenvalue weighted by Gasteiger charge is -2.15. The Bertz CT molecular complexity index is 693. The topological polar surface area (TPSA) is 75.1 Å². The van der Waals surface area contributed by atoms with Crippen molar-refractivity contribution < 1.29 is 0 Å². The van der Waals surface area contributed by atoms with E-state index in [2.05, 4.69) is 20.5 Å². The van der Waals surface area contributed by atoms with Crippen molar-refractivity contribution in [3.05, 3.63) is 22.4 Å². The minimum Gasteiger partial charge on any atom is -0.369 e. The van der Waals surface area contributed by atoms with Crippen LogP contribution in [0.2, 0.25) is 0 Å². The number of anilines is 1. The maximum absolute atomic E-state index is 11.5. The number of H-pyrrole nitrogens is 1. The van der Waals surface area contributed by atoms with Crippen molar-refractivity contribution in [1.82, 2.24) is 19.6 Å². The van der Waals surface area contributed by atoms with E-state index >= 15 is 0 Å². The van der Waals surface area contributed by atoms with Crippen molar-refractivity contribution in [3.63, 3.8) is 0 Å². The fourth-order valence-electron chi connectivity index (χ4n) is 3.04. The van der Waals surface area contributed by atoms with Crippen LogP contribution >= 0.6 is 0 Å². The molecular formula is C13H17N5O. The fourth-order valence-corrected chi connectivity index (χ4v) is 3.04. The second-order valence-corrected chi connectivity index (χ2v) is 5.90. The van der Waals surface area contributed by atoms with Crippen LogP contribution in [0.1, 0.15) is 31.5 Å². The summed E-state index contributed by atoms with van der Waals surface area (Å²) in [6, 6.07) is 1.83. The standard InChI is InChI=1S/C13H17N5O/c1-8-15-10(6-11-16-17-12(19)18(8)11)14-7-13(4-5-13)9-2-3-9/h6,9,14H,2-5,7H2,1H3,(H,17,19). The van der Waals surface area contributed by atoms with E-state index in [1.807, 2.05) is 13.0 Å². The summed E-state index contributed by atoms with van der Waals surface area (Å²) in [5, 5.41) is 9.87. The molecule has 6 nitrogen and oxygen atoms in total. The predicted molar refractivity (Wildman–Crippen MR) is 71.2 cm³/mol. The van der Waals surface area contributed by atoms with E-state index in [0.717, 1.165) is 18.3 Å². The number of rotatable bonds is 4. The van der Waals surface area contributed by atoms with E-state index < -0.39 is 0 Å². The third kappa shape index (κ3) is 1.74. The quantitative estimate of drug-likeness (QED) is 0.868. The lowest BCUT2D eigenvalue weighted by molar-refractivity contribution is 0.466. The number of nitrogens with one attached hydrogen (secondary N) is 2. The van der Waals surface area contributed by atoms with Gasteiger partial charge in [0.2, 0.25) is 0 Å². The zero-order chi connectivity index (χ0) is 13.0. The van der Waals surface area contributed by atoms with Crippen LogP contribution in [-0.4, -0.2) is 26.1 Å². The molecule has 2 aliphatic rings. The summed E-state index contributed by atoms with van der Waals surface area (Å²) in [7, 11) is 0. The number of aryl methyl sites for hydroxylation is 1. The molecule has 0 amide bonds. The summed E-state index contributed by atoms with van der Waals surface area (Å²) in [6.07, 6.45) is 5.46. The van der Waals surface area contributed by atoms with Crippen LogP contribution in [-0.2, 0) is 0 Å². The molecule has 2 heterocycles. The second-order valence-electron chi connectivity index (χ2n) is 5.90. The van der Waals surface area contributed by atoms with Crippen LogP contribution in [0.5, 0.6) is 0 Å². The first-order valence-corrected chi connectivity index (χ1v) is 6.87.